The minimum Gasteiger partial charge on any atom is -0.395 e. The van der Waals surface area contributed by atoms with Crippen LogP contribution in [-0.2, 0) is 14.9 Å². The summed E-state index contributed by atoms with van der Waals surface area (Å²) in [5.41, 5.74) is 1.79. The molecular formula is C21H25N5O6S. The van der Waals surface area contributed by atoms with Gasteiger partial charge in [-0.15, -0.1) is 0 Å². The molecule has 1 fully saturated rings. The number of aliphatic hydroxyl groups is 1. The summed E-state index contributed by atoms with van der Waals surface area (Å²) in [5.74, 6) is 0.273. The molecule has 4 rings (SSSR count). The summed E-state index contributed by atoms with van der Waals surface area (Å²) < 4.78 is 36.2. The molecule has 0 spiro atoms. The summed E-state index contributed by atoms with van der Waals surface area (Å²) in [6.07, 6.45) is 2.26. The standard InChI is InChI=1S/C21H25N5O6S/c27-10-9-22-21(28)26-20-24-18-8-5-15(12-19(18)25-20)32-33(29,30)17-6-3-14(4-7-17)23-13-16-2-1-11-31-16/h3-8,12,16,23,27H,1-2,9-11,13H2,(H3,22,24,25,26,28). The predicted octanol–water partition coefficient (Wildman–Crippen LogP) is 2.04. The molecule has 0 saturated carbocycles. The van der Waals surface area contributed by atoms with E-state index in [1.807, 2.05) is 0 Å². The molecule has 11 nitrogen and oxygen atoms in total. The number of nitrogens with zero attached hydrogens (tertiary/aromatic N) is 1. The molecule has 2 aromatic carbocycles. The predicted molar refractivity (Wildman–Crippen MR) is 122 cm³/mol. The van der Waals surface area contributed by atoms with Gasteiger partial charge in [-0.05, 0) is 49.2 Å². The zero-order valence-corrected chi connectivity index (χ0v) is 18.5. The van der Waals surface area contributed by atoms with Gasteiger partial charge in [0.05, 0.1) is 23.7 Å². The third-order valence-corrected chi connectivity index (χ3v) is 6.25. The van der Waals surface area contributed by atoms with Gasteiger partial charge in [0.25, 0.3) is 0 Å². The molecule has 1 aromatic heterocycles. The van der Waals surface area contributed by atoms with E-state index in [0.29, 0.717) is 17.6 Å². The first-order valence-corrected chi connectivity index (χ1v) is 11.9. The van der Waals surface area contributed by atoms with Gasteiger partial charge in [-0.1, -0.05) is 0 Å². The lowest BCUT2D eigenvalue weighted by Crippen LogP contribution is -2.31. The number of amides is 2. The van der Waals surface area contributed by atoms with Crippen molar-refractivity contribution in [1.82, 2.24) is 15.3 Å². The van der Waals surface area contributed by atoms with Crippen LogP contribution in [0.5, 0.6) is 5.75 Å². The second-order valence-electron chi connectivity index (χ2n) is 7.45. The Labute approximate surface area is 190 Å². The number of carbonyl (C=O) groups excluding carboxylic acids is 1. The Hall–Kier alpha value is -3.35. The van der Waals surface area contributed by atoms with E-state index in [2.05, 4.69) is 25.9 Å². The lowest BCUT2D eigenvalue weighted by molar-refractivity contribution is 0.120. The van der Waals surface area contributed by atoms with E-state index >= 15 is 0 Å². The van der Waals surface area contributed by atoms with Gasteiger partial charge in [0.2, 0.25) is 5.95 Å². The van der Waals surface area contributed by atoms with Gasteiger partial charge in [0.15, 0.2) is 0 Å². The summed E-state index contributed by atoms with van der Waals surface area (Å²) in [6, 6.07) is 10.3. The summed E-state index contributed by atoms with van der Waals surface area (Å²) >= 11 is 0. The van der Waals surface area contributed by atoms with Gasteiger partial charge in [-0.25, -0.2) is 9.78 Å². The molecule has 176 valence electrons. The molecule has 3 aromatic rings. The van der Waals surface area contributed by atoms with Crippen molar-refractivity contribution in [1.29, 1.82) is 0 Å². The van der Waals surface area contributed by atoms with Crippen LogP contribution in [0.2, 0.25) is 0 Å². The molecule has 33 heavy (non-hydrogen) atoms. The van der Waals surface area contributed by atoms with Gasteiger partial charge >= 0.3 is 16.1 Å². The van der Waals surface area contributed by atoms with E-state index in [0.717, 1.165) is 25.1 Å². The summed E-state index contributed by atoms with van der Waals surface area (Å²) in [6.45, 7) is 1.38. The quantitative estimate of drug-likeness (QED) is 0.295. The maximum atomic E-state index is 12.7. The van der Waals surface area contributed by atoms with Crippen molar-refractivity contribution in [2.45, 2.75) is 23.8 Å². The third-order valence-electron chi connectivity index (χ3n) is 4.99. The first kappa shape index (κ1) is 22.8. The number of imidazole rings is 1. The normalized spacial score (nSPS) is 16.0. The van der Waals surface area contributed by atoms with Crippen LogP contribution in [0, 0.1) is 0 Å². The number of carbonyl (C=O) groups is 1. The molecule has 0 bridgehead atoms. The highest BCUT2D eigenvalue weighted by atomic mass is 32.2. The maximum Gasteiger partial charge on any atom is 0.339 e. The van der Waals surface area contributed by atoms with Crippen molar-refractivity contribution in [2.24, 2.45) is 0 Å². The van der Waals surface area contributed by atoms with Crippen LogP contribution in [0.1, 0.15) is 12.8 Å². The van der Waals surface area contributed by atoms with Crippen LogP contribution in [0.25, 0.3) is 11.0 Å². The molecule has 0 aliphatic carbocycles. The number of urea groups is 1. The fourth-order valence-electron chi connectivity index (χ4n) is 3.37. The molecular weight excluding hydrogens is 450 g/mol. The molecule has 1 aliphatic heterocycles. The summed E-state index contributed by atoms with van der Waals surface area (Å²) in [7, 11) is -4.04. The fourth-order valence-corrected chi connectivity index (χ4v) is 4.29. The third kappa shape index (κ3) is 5.92. The highest BCUT2D eigenvalue weighted by Crippen LogP contribution is 2.25. The summed E-state index contributed by atoms with van der Waals surface area (Å²) in [5, 5.41) is 16.9. The highest BCUT2D eigenvalue weighted by Gasteiger charge is 2.18. The number of ether oxygens (including phenoxy) is 1. The Morgan fingerprint density at radius 3 is 2.79 bits per heavy atom. The topological polar surface area (TPSA) is 155 Å². The second kappa shape index (κ2) is 10.1. The van der Waals surface area contributed by atoms with E-state index in [9.17, 15) is 13.2 Å². The Kier molecular flexibility index (Phi) is 6.96. The highest BCUT2D eigenvalue weighted by molar-refractivity contribution is 7.87. The molecule has 12 heteroatoms. The number of anilines is 2. The number of aliphatic hydroxyl groups excluding tert-OH is 1. The number of aromatic nitrogens is 2. The van der Waals surface area contributed by atoms with Gasteiger partial charge in [-0.3, -0.25) is 5.32 Å². The van der Waals surface area contributed by atoms with Crippen molar-refractivity contribution in [2.75, 3.05) is 36.9 Å². The van der Waals surface area contributed by atoms with Crippen LogP contribution in [0.3, 0.4) is 0 Å². The van der Waals surface area contributed by atoms with Crippen LogP contribution < -0.4 is 20.1 Å². The molecule has 1 unspecified atom stereocenters. The number of fused-ring (bicyclic) bond motifs is 1. The van der Waals surface area contributed by atoms with Gasteiger partial charge < -0.3 is 29.6 Å². The molecule has 1 atom stereocenters. The zero-order valence-electron chi connectivity index (χ0n) is 17.7. The van der Waals surface area contributed by atoms with E-state index in [4.69, 9.17) is 14.0 Å². The van der Waals surface area contributed by atoms with Crippen molar-refractivity contribution >= 4 is 38.8 Å². The number of hydrogen-bond donors (Lipinski definition) is 5. The Morgan fingerprint density at radius 2 is 2.06 bits per heavy atom. The SMILES string of the molecule is O=C(NCCO)Nc1nc2ccc(OS(=O)(=O)c3ccc(NCC4CCCO4)cc3)cc2[nH]1. The molecule has 5 N–H and O–H groups in total. The Morgan fingerprint density at radius 1 is 1.24 bits per heavy atom. The van der Waals surface area contributed by atoms with Crippen molar-refractivity contribution < 1.29 is 27.2 Å². The van der Waals surface area contributed by atoms with Crippen LogP contribution in [-0.4, -0.2) is 61.9 Å². The first-order chi connectivity index (χ1) is 15.9. The van der Waals surface area contributed by atoms with Crippen LogP contribution >= 0.6 is 0 Å². The van der Waals surface area contributed by atoms with E-state index in [-0.39, 0.29) is 35.8 Å². The smallest absolute Gasteiger partial charge is 0.339 e. The fraction of sp³-hybridized carbons (Fsp3) is 0.333. The first-order valence-electron chi connectivity index (χ1n) is 10.5. The maximum absolute atomic E-state index is 12.7. The van der Waals surface area contributed by atoms with Gasteiger partial charge in [0.1, 0.15) is 10.6 Å². The number of nitrogens with one attached hydrogen (secondary N) is 4. The summed E-state index contributed by atoms with van der Waals surface area (Å²) in [4.78, 5) is 18.8. The lowest BCUT2D eigenvalue weighted by atomic mass is 10.2. The monoisotopic (exact) mass is 475 g/mol. The average molecular weight is 476 g/mol. The second-order valence-corrected chi connectivity index (χ2v) is 8.99. The van der Waals surface area contributed by atoms with Gasteiger partial charge in [-0.2, -0.15) is 8.42 Å². The van der Waals surface area contributed by atoms with E-state index in [1.54, 1.807) is 18.2 Å². The van der Waals surface area contributed by atoms with Crippen molar-refractivity contribution in [3.8, 4) is 5.75 Å². The number of rotatable bonds is 9. The minimum absolute atomic E-state index is 0.0257. The number of aromatic amines is 1. The van der Waals surface area contributed by atoms with E-state index < -0.39 is 16.1 Å². The number of H-pyrrole nitrogens is 1. The van der Waals surface area contributed by atoms with Crippen LogP contribution in [0.15, 0.2) is 47.4 Å². The molecule has 2 heterocycles. The molecule has 1 saturated heterocycles. The molecule has 0 radical (unpaired) electrons. The Bertz CT molecular complexity index is 1210. The van der Waals surface area contributed by atoms with Crippen molar-refractivity contribution in [3.63, 3.8) is 0 Å². The minimum atomic E-state index is -4.04. The van der Waals surface area contributed by atoms with Crippen molar-refractivity contribution in [3.05, 3.63) is 42.5 Å². The average Bonchev–Trinajstić information content (AvgIpc) is 3.45. The number of hydrogen-bond acceptors (Lipinski definition) is 8. The molecule has 1 aliphatic rings. The largest absolute Gasteiger partial charge is 0.395 e. The van der Waals surface area contributed by atoms with Gasteiger partial charge in [0, 0.05) is 31.5 Å². The zero-order chi connectivity index (χ0) is 23.3. The lowest BCUT2D eigenvalue weighted by Gasteiger charge is -2.12. The number of benzene rings is 2. The molecule has 2 amide bonds. The van der Waals surface area contributed by atoms with Crippen LogP contribution in [0.4, 0.5) is 16.4 Å². The van der Waals surface area contributed by atoms with E-state index in [1.165, 1.54) is 24.3 Å². The Balaban J connectivity index is 1.40.